The van der Waals surface area contributed by atoms with E-state index in [0.29, 0.717) is 0 Å². The van der Waals surface area contributed by atoms with Crippen LogP contribution in [0.2, 0.25) is 0 Å². The highest BCUT2D eigenvalue weighted by Crippen LogP contribution is 2.29. The molecule has 1 saturated heterocycles. The molecular weight excluding hydrogens is 377 g/mol. The van der Waals surface area contributed by atoms with Crippen LogP contribution >= 0.6 is 0 Å². The van der Waals surface area contributed by atoms with Crippen molar-refractivity contribution in [2.45, 2.75) is 32.1 Å². The number of ether oxygens (including phenoxy) is 1. The van der Waals surface area contributed by atoms with E-state index < -0.39 is 0 Å². The third kappa shape index (κ3) is 4.17. The lowest BCUT2D eigenvalue weighted by atomic mass is 10.0. The zero-order chi connectivity index (χ0) is 20.3. The smallest absolute Gasteiger partial charge is 0.123 e. The summed E-state index contributed by atoms with van der Waals surface area (Å²) in [6, 6.07) is 11.7. The standard InChI is InChI=1S/C25H30FN3O/c26-21-6-8-24-23(17-21)20(18-27-24)4-1-2-10-28-11-13-29(14-12-28)22-7-9-25-19(16-22)5-3-15-30-25/h6-9,16-18,27H,1-5,10-15H2. The summed E-state index contributed by atoms with van der Waals surface area (Å²) in [7, 11) is 0. The molecule has 3 heterocycles. The molecule has 5 rings (SSSR count). The van der Waals surface area contributed by atoms with E-state index in [2.05, 4.69) is 33.0 Å². The van der Waals surface area contributed by atoms with E-state index in [4.69, 9.17) is 4.74 Å². The molecule has 2 aliphatic rings. The van der Waals surface area contributed by atoms with E-state index in [0.717, 1.165) is 81.7 Å². The van der Waals surface area contributed by atoms with Gasteiger partial charge in [0.15, 0.2) is 0 Å². The van der Waals surface area contributed by atoms with Crippen molar-refractivity contribution in [3.05, 3.63) is 59.5 Å². The zero-order valence-corrected chi connectivity index (χ0v) is 17.5. The molecule has 0 amide bonds. The highest BCUT2D eigenvalue weighted by Gasteiger charge is 2.19. The Morgan fingerprint density at radius 2 is 1.90 bits per heavy atom. The van der Waals surface area contributed by atoms with Crippen LogP contribution in [-0.2, 0) is 12.8 Å². The molecule has 1 aromatic heterocycles. The second kappa shape index (κ2) is 8.68. The predicted molar refractivity (Wildman–Crippen MR) is 120 cm³/mol. The molecule has 0 radical (unpaired) electrons. The number of unbranched alkanes of at least 4 members (excludes halogenated alkanes) is 1. The quantitative estimate of drug-likeness (QED) is 0.597. The normalized spacial score (nSPS) is 17.2. The summed E-state index contributed by atoms with van der Waals surface area (Å²) in [5.41, 5.74) is 4.95. The number of nitrogens with one attached hydrogen (secondary N) is 1. The van der Waals surface area contributed by atoms with Crippen LogP contribution in [0.3, 0.4) is 0 Å². The Bertz CT molecular complexity index is 1010. The maximum absolute atomic E-state index is 13.5. The predicted octanol–water partition coefficient (Wildman–Crippen LogP) is 4.78. The second-order valence-corrected chi connectivity index (χ2v) is 8.53. The SMILES string of the molecule is Fc1ccc2[nH]cc(CCCCN3CCN(c4ccc5c(c4)CCCO5)CC3)c2c1. The molecule has 0 aliphatic carbocycles. The van der Waals surface area contributed by atoms with Crippen molar-refractivity contribution in [3.8, 4) is 5.75 Å². The molecule has 30 heavy (non-hydrogen) atoms. The molecule has 1 N–H and O–H groups in total. The van der Waals surface area contributed by atoms with Gasteiger partial charge in [-0.3, -0.25) is 4.90 Å². The molecule has 0 unspecified atom stereocenters. The second-order valence-electron chi connectivity index (χ2n) is 8.53. The fourth-order valence-electron chi connectivity index (χ4n) is 4.78. The monoisotopic (exact) mass is 407 g/mol. The maximum atomic E-state index is 13.5. The number of hydrogen-bond acceptors (Lipinski definition) is 3. The fraction of sp³-hybridized carbons (Fsp3) is 0.440. The highest BCUT2D eigenvalue weighted by atomic mass is 19.1. The number of benzene rings is 2. The topological polar surface area (TPSA) is 31.5 Å². The number of nitrogens with zero attached hydrogens (tertiary/aromatic N) is 2. The van der Waals surface area contributed by atoms with Crippen LogP contribution in [0.4, 0.5) is 10.1 Å². The van der Waals surface area contributed by atoms with Gasteiger partial charge in [0.1, 0.15) is 11.6 Å². The minimum absolute atomic E-state index is 0.160. The maximum Gasteiger partial charge on any atom is 0.123 e. The van der Waals surface area contributed by atoms with Gasteiger partial charge in [-0.2, -0.15) is 0 Å². The van der Waals surface area contributed by atoms with Crippen LogP contribution < -0.4 is 9.64 Å². The molecule has 5 heteroatoms. The lowest BCUT2D eigenvalue weighted by Gasteiger charge is -2.36. The van der Waals surface area contributed by atoms with Gasteiger partial charge in [0.05, 0.1) is 6.61 Å². The fourth-order valence-corrected chi connectivity index (χ4v) is 4.78. The zero-order valence-electron chi connectivity index (χ0n) is 17.5. The Morgan fingerprint density at radius 3 is 2.80 bits per heavy atom. The summed E-state index contributed by atoms with van der Waals surface area (Å²) in [5, 5.41) is 1.03. The van der Waals surface area contributed by atoms with Gasteiger partial charge in [-0.15, -0.1) is 0 Å². The lowest BCUT2D eigenvalue weighted by Crippen LogP contribution is -2.46. The van der Waals surface area contributed by atoms with Gasteiger partial charge in [0.2, 0.25) is 0 Å². The molecule has 0 bridgehead atoms. The number of hydrogen-bond donors (Lipinski definition) is 1. The Labute approximate surface area is 177 Å². The highest BCUT2D eigenvalue weighted by molar-refractivity contribution is 5.83. The van der Waals surface area contributed by atoms with Gasteiger partial charge in [0, 0.05) is 49.0 Å². The first kappa shape index (κ1) is 19.4. The number of fused-ring (bicyclic) bond motifs is 2. The van der Waals surface area contributed by atoms with Crippen molar-refractivity contribution in [2.75, 3.05) is 44.2 Å². The number of aromatic amines is 1. The minimum Gasteiger partial charge on any atom is -0.493 e. The molecule has 0 spiro atoms. The number of anilines is 1. The summed E-state index contributed by atoms with van der Waals surface area (Å²) in [6.07, 6.45) is 7.60. The van der Waals surface area contributed by atoms with Crippen LogP contribution in [0.25, 0.3) is 10.9 Å². The molecular formula is C25H30FN3O. The first-order valence-electron chi connectivity index (χ1n) is 11.2. The third-order valence-electron chi connectivity index (χ3n) is 6.53. The van der Waals surface area contributed by atoms with E-state index in [1.807, 2.05) is 12.3 Å². The lowest BCUT2D eigenvalue weighted by molar-refractivity contribution is 0.253. The first-order chi connectivity index (χ1) is 14.8. The first-order valence-corrected chi connectivity index (χ1v) is 11.2. The van der Waals surface area contributed by atoms with E-state index in [1.165, 1.54) is 29.3 Å². The van der Waals surface area contributed by atoms with Gasteiger partial charge in [-0.25, -0.2) is 4.39 Å². The van der Waals surface area contributed by atoms with Crippen LogP contribution in [0.1, 0.15) is 30.4 Å². The van der Waals surface area contributed by atoms with Gasteiger partial charge in [-0.05, 0) is 86.2 Å². The Kier molecular flexibility index (Phi) is 5.63. The number of aryl methyl sites for hydroxylation is 2. The van der Waals surface area contributed by atoms with Gasteiger partial charge in [0.25, 0.3) is 0 Å². The van der Waals surface area contributed by atoms with Crippen LogP contribution in [-0.4, -0.2) is 49.2 Å². The van der Waals surface area contributed by atoms with Gasteiger partial charge in [-0.1, -0.05) is 0 Å². The Morgan fingerprint density at radius 1 is 1.00 bits per heavy atom. The average Bonchev–Trinajstić information content (AvgIpc) is 3.19. The number of rotatable bonds is 6. The third-order valence-corrected chi connectivity index (χ3v) is 6.53. The molecule has 0 atom stereocenters. The van der Waals surface area contributed by atoms with Gasteiger partial charge < -0.3 is 14.6 Å². The minimum atomic E-state index is -0.160. The van der Waals surface area contributed by atoms with E-state index >= 15 is 0 Å². The number of halogens is 1. The molecule has 1 fully saturated rings. The van der Waals surface area contributed by atoms with Crippen LogP contribution in [0, 0.1) is 5.82 Å². The van der Waals surface area contributed by atoms with Crippen molar-refractivity contribution in [1.82, 2.24) is 9.88 Å². The average molecular weight is 408 g/mol. The Balaban J connectivity index is 1.08. The molecule has 2 aliphatic heterocycles. The van der Waals surface area contributed by atoms with Crippen molar-refractivity contribution >= 4 is 16.6 Å². The molecule has 158 valence electrons. The largest absolute Gasteiger partial charge is 0.493 e. The van der Waals surface area contributed by atoms with Crippen LogP contribution in [0.5, 0.6) is 5.75 Å². The molecule has 3 aromatic rings. The number of H-pyrrole nitrogens is 1. The molecule has 0 saturated carbocycles. The van der Waals surface area contributed by atoms with E-state index in [1.54, 1.807) is 6.07 Å². The summed E-state index contributed by atoms with van der Waals surface area (Å²) in [5.74, 6) is 0.911. The summed E-state index contributed by atoms with van der Waals surface area (Å²) in [6.45, 7) is 6.39. The number of aromatic nitrogens is 1. The van der Waals surface area contributed by atoms with E-state index in [9.17, 15) is 4.39 Å². The molecule has 2 aromatic carbocycles. The van der Waals surface area contributed by atoms with Gasteiger partial charge >= 0.3 is 0 Å². The number of piperazine rings is 1. The molecule has 4 nitrogen and oxygen atoms in total. The summed E-state index contributed by atoms with van der Waals surface area (Å²) < 4.78 is 19.3. The summed E-state index contributed by atoms with van der Waals surface area (Å²) >= 11 is 0. The van der Waals surface area contributed by atoms with Crippen molar-refractivity contribution in [2.24, 2.45) is 0 Å². The van der Waals surface area contributed by atoms with Crippen molar-refractivity contribution in [3.63, 3.8) is 0 Å². The van der Waals surface area contributed by atoms with E-state index in [-0.39, 0.29) is 5.82 Å². The van der Waals surface area contributed by atoms with Crippen molar-refractivity contribution in [1.29, 1.82) is 0 Å². The Hall–Kier alpha value is -2.53. The van der Waals surface area contributed by atoms with Crippen LogP contribution in [0.15, 0.2) is 42.6 Å². The van der Waals surface area contributed by atoms with Crippen molar-refractivity contribution < 1.29 is 9.13 Å². The summed E-state index contributed by atoms with van der Waals surface area (Å²) in [4.78, 5) is 8.34.